The summed E-state index contributed by atoms with van der Waals surface area (Å²) in [4.78, 5) is 11.7. The molecular formula is C15H17N3O. The first kappa shape index (κ1) is 13.1. The van der Waals surface area contributed by atoms with Crippen molar-refractivity contribution in [2.45, 2.75) is 13.0 Å². The third-order valence-corrected chi connectivity index (χ3v) is 2.71. The molecule has 0 unspecified atom stereocenters. The molecule has 4 nitrogen and oxygen atoms in total. The van der Waals surface area contributed by atoms with Crippen LogP contribution in [0.4, 0.5) is 5.69 Å². The van der Waals surface area contributed by atoms with Crippen LogP contribution in [0.25, 0.3) is 0 Å². The van der Waals surface area contributed by atoms with Crippen molar-refractivity contribution >= 4 is 11.6 Å². The number of carbonyl (C=O) groups excluding carboxylic acids is 1. The monoisotopic (exact) mass is 255 g/mol. The van der Waals surface area contributed by atoms with Gasteiger partial charge in [-0.25, -0.2) is 5.43 Å². The molecular weight excluding hydrogens is 238 g/mol. The fourth-order valence-corrected chi connectivity index (χ4v) is 1.71. The van der Waals surface area contributed by atoms with Crippen LogP contribution in [0.15, 0.2) is 54.6 Å². The molecule has 0 bridgehead atoms. The number of hydrazine groups is 1. The number of benzene rings is 2. The van der Waals surface area contributed by atoms with Gasteiger partial charge in [0.25, 0.3) is 0 Å². The van der Waals surface area contributed by atoms with Crippen molar-refractivity contribution in [1.29, 1.82) is 0 Å². The molecule has 0 spiro atoms. The molecule has 1 amide bonds. The van der Waals surface area contributed by atoms with E-state index in [1.807, 2.05) is 42.5 Å². The van der Waals surface area contributed by atoms with Gasteiger partial charge in [0.15, 0.2) is 0 Å². The number of rotatable bonds is 5. The molecule has 0 aliphatic carbocycles. The van der Waals surface area contributed by atoms with Gasteiger partial charge < -0.3 is 5.73 Å². The van der Waals surface area contributed by atoms with Crippen LogP contribution in [-0.4, -0.2) is 5.91 Å². The quantitative estimate of drug-likeness (QED) is 0.562. The first-order valence-electron chi connectivity index (χ1n) is 6.14. The van der Waals surface area contributed by atoms with Gasteiger partial charge >= 0.3 is 0 Å². The molecule has 2 aromatic carbocycles. The predicted octanol–water partition coefficient (Wildman–Crippen LogP) is 1.63. The molecule has 0 fully saturated rings. The summed E-state index contributed by atoms with van der Waals surface area (Å²) in [5, 5.41) is 0. The predicted molar refractivity (Wildman–Crippen MR) is 76.0 cm³/mol. The molecule has 2 rings (SSSR count). The lowest BCUT2D eigenvalue weighted by molar-refractivity contribution is -0.121. The van der Waals surface area contributed by atoms with E-state index in [-0.39, 0.29) is 5.91 Å². The maximum atomic E-state index is 11.7. The molecule has 0 heterocycles. The van der Waals surface area contributed by atoms with Crippen LogP contribution in [0.5, 0.6) is 0 Å². The first-order valence-corrected chi connectivity index (χ1v) is 6.14. The fourth-order valence-electron chi connectivity index (χ4n) is 1.71. The summed E-state index contributed by atoms with van der Waals surface area (Å²) in [6, 6.07) is 17.2. The highest BCUT2D eigenvalue weighted by Gasteiger charge is 2.02. The zero-order valence-electron chi connectivity index (χ0n) is 10.6. The Hall–Kier alpha value is -2.33. The van der Waals surface area contributed by atoms with Crippen LogP contribution in [0.3, 0.4) is 0 Å². The van der Waals surface area contributed by atoms with Gasteiger partial charge in [-0.3, -0.25) is 10.2 Å². The second-order valence-electron chi connectivity index (χ2n) is 4.31. The highest BCUT2D eigenvalue weighted by atomic mass is 16.2. The van der Waals surface area contributed by atoms with Crippen molar-refractivity contribution < 1.29 is 4.79 Å². The van der Waals surface area contributed by atoms with Crippen molar-refractivity contribution in [2.75, 3.05) is 5.73 Å². The van der Waals surface area contributed by atoms with Gasteiger partial charge in [-0.05, 0) is 23.3 Å². The number of nitrogen functional groups attached to an aromatic ring is 1. The molecule has 98 valence electrons. The van der Waals surface area contributed by atoms with Crippen molar-refractivity contribution in [3.63, 3.8) is 0 Å². The SMILES string of the molecule is Nc1ccc(CC(=O)NNCc2ccccc2)cc1. The Balaban J connectivity index is 1.74. The molecule has 0 saturated heterocycles. The molecule has 0 aliphatic rings. The third kappa shape index (κ3) is 4.44. The number of hydrogen-bond acceptors (Lipinski definition) is 3. The largest absolute Gasteiger partial charge is 0.399 e. The van der Waals surface area contributed by atoms with Crippen molar-refractivity contribution in [3.8, 4) is 0 Å². The van der Waals surface area contributed by atoms with Crippen molar-refractivity contribution in [2.24, 2.45) is 0 Å². The molecule has 19 heavy (non-hydrogen) atoms. The molecule has 0 saturated carbocycles. The van der Waals surface area contributed by atoms with E-state index < -0.39 is 0 Å². The van der Waals surface area contributed by atoms with Crippen LogP contribution in [0.2, 0.25) is 0 Å². The van der Waals surface area contributed by atoms with E-state index in [1.54, 1.807) is 12.1 Å². The Bertz CT molecular complexity index is 523. The zero-order valence-corrected chi connectivity index (χ0v) is 10.6. The van der Waals surface area contributed by atoms with Crippen LogP contribution < -0.4 is 16.6 Å². The Morgan fingerprint density at radius 2 is 1.63 bits per heavy atom. The number of anilines is 1. The van der Waals surface area contributed by atoms with Crippen molar-refractivity contribution in [3.05, 3.63) is 65.7 Å². The molecule has 0 radical (unpaired) electrons. The summed E-state index contributed by atoms with van der Waals surface area (Å²) >= 11 is 0. The van der Waals surface area contributed by atoms with Crippen LogP contribution in [0, 0.1) is 0 Å². The zero-order chi connectivity index (χ0) is 13.5. The van der Waals surface area contributed by atoms with Gasteiger partial charge in [0, 0.05) is 12.2 Å². The highest BCUT2D eigenvalue weighted by molar-refractivity contribution is 5.78. The van der Waals surface area contributed by atoms with Gasteiger partial charge in [-0.2, -0.15) is 0 Å². The Labute approximate surface area is 112 Å². The number of carbonyl (C=O) groups is 1. The molecule has 2 aromatic rings. The number of hydrogen-bond donors (Lipinski definition) is 3. The van der Waals surface area contributed by atoms with Gasteiger partial charge in [0.1, 0.15) is 0 Å². The minimum absolute atomic E-state index is 0.0688. The van der Waals surface area contributed by atoms with E-state index in [4.69, 9.17) is 5.73 Å². The molecule has 0 aromatic heterocycles. The third-order valence-electron chi connectivity index (χ3n) is 2.71. The lowest BCUT2D eigenvalue weighted by Crippen LogP contribution is -2.37. The minimum Gasteiger partial charge on any atom is -0.399 e. The Morgan fingerprint density at radius 1 is 0.947 bits per heavy atom. The molecule has 4 heteroatoms. The Morgan fingerprint density at radius 3 is 2.32 bits per heavy atom. The summed E-state index contributed by atoms with van der Waals surface area (Å²) in [5.74, 6) is -0.0688. The second-order valence-corrected chi connectivity index (χ2v) is 4.31. The standard InChI is InChI=1S/C15H17N3O/c16-14-8-6-12(7-9-14)10-15(19)18-17-11-13-4-2-1-3-5-13/h1-9,17H,10-11,16H2,(H,18,19). The first-order chi connectivity index (χ1) is 9.24. The van der Waals surface area contributed by atoms with Gasteiger partial charge in [0.2, 0.25) is 5.91 Å². The number of nitrogens with two attached hydrogens (primary N) is 1. The van der Waals surface area contributed by atoms with E-state index in [2.05, 4.69) is 10.9 Å². The topological polar surface area (TPSA) is 67.2 Å². The second kappa shape index (κ2) is 6.56. The van der Waals surface area contributed by atoms with Gasteiger partial charge in [-0.15, -0.1) is 0 Å². The smallest absolute Gasteiger partial charge is 0.238 e. The Kier molecular flexibility index (Phi) is 4.53. The molecule has 4 N–H and O–H groups in total. The van der Waals surface area contributed by atoms with E-state index >= 15 is 0 Å². The lowest BCUT2D eigenvalue weighted by Gasteiger charge is -2.07. The van der Waals surface area contributed by atoms with Crippen LogP contribution in [0.1, 0.15) is 11.1 Å². The van der Waals surface area contributed by atoms with E-state index in [0.29, 0.717) is 18.7 Å². The summed E-state index contributed by atoms with van der Waals surface area (Å²) in [7, 11) is 0. The lowest BCUT2D eigenvalue weighted by atomic mass is 10.1. The van der Waals surface area contributed by atoms with Crippen LogP contribution in [-0.2, 0) is 17.8 Å². The van der Waals surface area contributed by atoms with Gasteiger partial charge in [0.05, 0.1) is 6.42 Å². The van der Waals surface area contributed by atoms with E-state index in [9.17, 15) is 4.79 Å². The molecule has 0 atom stereocenters. The van der Waals surface area contributed by atoms with Gasteiger partial charge in [-0.1, -0.05) is 42.5 Å². The summed E-state index contributed by atoms with van der Waals surface area (Å²) in [6.07, 6.45) is 0.335. The van der Waals surface area contributed by atoms with Crippen LogP contribution >= 0.6 is 0 Å². The number of nitrogens with one attached hydrogen (secondary N) is 2. The number of amides is 1. The average Bonchev–Trinajstić information content (AvgIpc) is 2.43. The summed E-state index contributed by atoms with van der Waals surface area (Å²) in [5.41, 5.74) is 13.9. The molecule has 0 aliphatic heterocycles. The maximum absolute atomic E-state index is 11.7. The highest BCUT2D eigenvalue weighted by Crippen LogP contribution is 2.05. The average molecular weight is 255 g/mol. The van der Waals surface area contributed by atoms with E-state index in [1.165, 1.54) is 0 Å². The normalized spacial score (nSPS) is 10.1. The summed E-state index contributed by atoms with van der Waals surface area (Å²) in [6.45, 7) is 0.605. The maximum Gasteiger partial charge on any atom is 0.238 e. The van der Waals surface area contributed by atoms with Crippen molar-refractivity contribution in [1.82, 2.24) is 10.9 Å². The summed E-state index contributed by atoms with van der Waals surface area (Å²) < 4.78 is 0. The fraction of sp³-hybridized carbons (Fsp3) is 0.133. The minimum atomic E-state index is -0.0688. The van der Waals surface area contributed by atoms with E-state index in [0.717, 1.165) is 11.1 Å².